The molecular weight excluding hydrogens is 640 g/mol. The van der Waals surface area contributed by atoms with E-state index in [4.69, 9.17) is 4.55 Å². The summed E-state index contributed by atoms with van der Waals surface area (Å²) in [7, 11) is -7.96. The molecule has 0 aliphatic rings. The molecule has 0 unspecified atom stereocenters. The van der Waals surface area contributed by atoms with E-state index in [2.05, 4.69) is 4.98 Å². The average molecular weight is 653 g/mol. The Hall–Kier alpha value is -2.20. The molecule has 1 aromatic heterocycles. The van der Waals surface area contributed by atoms with E-state index >= 15 is 0 Å². The fourth-order valence-corrected chi connectivity index (χ4v) is 2.80. The molecule has 40 heavy (non-hydrogen) atoms. The summed E-state index contributed by atoms with van der Waals surface area (Å²) in [6.07, 6.45) is -0.311. The molecule has 0 amide bonds. The number of hydrogen-bond acceptors (Lipinski definition) is 3. The Morgan fingerprint density at radius 3 is 1.07 bits per heavy atom. The number of rotatable bonds is 11. The Morgan fingerprint density at radius 1 is 0.550 bits per heavy atom. The molecule has 0 atom stereocenters. The minimum atomic E-state index is -9.00. The van der Waals surface area contributed by atoms with Crippen molar-refractivity contribution in [2.75, 3.05) is 0 Å². The molecule has 23 heteroatoms. The van der Waals surface area contributed by atoms with Crippen molar-refractivity contribution < 1.29 is 92.0 Å². The summed E-state index contributed by atoms with van der Waals surface area (Å²) < 4.78 is 267. The van der Waals surface area contributed by atoms with Gasteiger partial charge in [0.05, 0.1) is 0 Å². The molecule has 1 rings (SSSR count). The van der Waals surface area contributed by atoms with E-state index in [1.54, 1.807) is 12.4 Å². The molecule has 1 N–H and O–H groups in total. The maximum Gasteiger partial charge on any atom is 0.438 e. The smallest absolute Gasteiger partial charge is 0.281 e. The molecule has 1 aromatic rings. The second kappa shape index (κ2) is 10.9. The molecule has 4 nitrogen and oxygen atoms in total. The first-order chi connectivity index (χ1) is 17.3. The van der Waals surface area contributed by atoms with Crippen LogP contribution in [-0.2, 0) is 10.1 Å². The van der Waals surface area contributed by atoms with Crippen molar-refractivity contribution in [3.8, 4) is 0 Å². The number of hydrogen-bond donors (Lipinski definition) is 1. The predicted octanol–water partition coefficient (Wildman–Crippen LogP) is 7.43. The third-order valence-electron chi connectivity index (χ3n) is 4.65. The van der Waals surface area contributed by atoms with E-state index in [1.165, 1.54) is 0 Å². The molecule has 0 aliphatic heterocycles. The van der Waals surface area contributed by atoms with E-state index in [0.29, 0.717) is 6.92 Å². The van der Waals surface area contributed by atoms with Gasteiger partial charge in [-0.2, -0.15) is 87.4 Å². The van der Waals surface area contributed by atoms with Crippen molar-refractivity contribution in [3.63, 3.8) is 0 Å². The van der Waals surface area contributed by atoms with E-state index in [1.807, 2.05) is 18.2 Å². The lowest BCUT2D eigenvalue weighted by molar-refractivity contribution is -0.459. The van der Waals surface area contributed by atoms with Gasteiger partial charge in [0.2, 0.25) is 0 Å². The maximum atomic E-state index is 13.5. The van der Waals surface area contributed by atoms with E-state index in [0.717, 1.165) is 0 Å². The van der Waals surface area contributed by atoms with Crippen LogP contribution in [0.15, 0.2) is 30.6 Å². The minimum Gasteiger partial charge on any atom is -0.281 e. The van der Waals surface area contributed by atoms with Gasteiger partial charge in [-0.3, -0.25) is 9.54 Å². The minimum absolute atomic E-state index is 0.501. The summed E-state index contributed by atoms with van der Waals surface area (Å²) in [5.41, 5.74) is 0. The summed E-state index contributed by atoms with van der Waals surface area (Å²) in [5.74, 6) is -66.9. The molecule has 0 fully saturated rings. The zero-order valence-corrected chi connectivity index (χ0v) is 19.5. The summed E-state index contributed by atoms with van der Waals surface area (Å²) in [6, 6.07) is 5.72. The number of aromatic nitrogens is 1. The van der Waals surface area contributed by atoms with Gasteiger partial charge in [-0.15, -0.1) is 0 Å². The highest BCUT2D eigenvalue weighted by molar-refractivity contribution is 7.87. The fraction of sp³-hybridized carbons (Fsp3) is 0.706. The van der Waals surface area contributed by atoms with Crippen LogP contribution in [0.3, 0.4) is 0 Å². The highest BCUT2D eigenvalue weighted by Gasteiger charge is 2.97. The van der Waals surface area contributed by atoms with E-state index < -0.39 is 75.6 Å². The second-order valence-electron chi connectivity index (χ2n) is 7.49. The summed E-state index contributed by atoms with van der Waals surface area (Å²) in [6.45, 7) is 0.501. The SMILES string of the molecule is CCCC(F)(F)C(F)(F)C(F)(F)C(F)(F)C(F)(F)C(F)(F)C(F)(F)C(F)(F)C(F)(F)S(=O)(=O)O.c1ccncc1. The van der Waals surface area contributed by atoms with Gasteiger partial charge in [0.25, 0.3) is 0 Å². The van der Waals surface area contributed by atoms with Gasteiger partial charge in [0.1, 0.15) is 0 Å². The molecule has 0 aliphatic carbocycles. The van der Waals surface area contributed by atoms with Gasteiger partial charge in [-0.05, 0) is 12.1 Å². The lowest BCUT2D eigenvalue weighted by atomic mass is 9.87. The largest absolute Gasteiger partial charge is 0.438 e. The number of halogens is 18. The molecule has 0 aromatic carbocycles. The predicted molar refractivity (Wildman–Crippen MR) is 95.2 cm³/mol. The molecule has 0 bridgehead atoms. The highest BCUT2D eigenvalue weighted by Crippen LogP contribution is 2.65. The summed E-state index contributed by atoms with van der Waals surface area (Å²) >= 11 is 0. The van der Waals surface area contributed by atoms with E-state index in [9.17, 15) is 87.4 Å². The Morgan fingerprint density at radius 2 is 0.850 bits per heavy atom. The molecule has 0 saturated heterocycles. The zero-order chi connectivity index (χ0) is 32.7. The first-order valence-electron chi connectivity index (χ1n) is 9.53. The summed E-state index contributed by atoms with van der Waals surface area (Å²) in [4.78, 5) is 3.78. The van der Waals surface area contributed by atoms with Crippen LogP contribution in [0, 0.1) is 0 Å². The molecule has 1 heterocycles. The zero-order valence-electron chi connectivity index (χ0n) is 18.7. The summed E-state index contributed by atoms with van der Waals surface area (Å²) in [5, 5.41) is -7.90. The lowest BCUT2D eigenvalue weighted by Gasteiger charge is -2.44. The highest BCUT2D eigenvalue weighted by atomic mass is 32.2. The van der Waals surface area contributed by atoms with Crippen molar-refractivity contribution in [2.24, 2.45) is 0 Å². The number of nitrogens with zero attached hydrogens (tertiary/aromatic N) is 1. The average Bonchev–Trinajstić information content (AvgIpc) is 2.78. The van der Waals surface area contributed by atoms with Crippen LogP contribution in [-0.4, -0.2) is 70.6 Å². The first-order valence-corrected chi connectivity index (χ1v) is 11.0. The van der Waals surface area contributed by atoms with E-state index in [-0.39, 0.29) is 0 Å². The monoisotopic (exact) mass is 653 g/mol. The van der Waals surface area contributed by atoms with Crippen LogP contribution in [0.5, 0.6) is 0 Å². The molecule has 236 valence electrons. The second-order valence-corrected chi connectivity index (χ2v) is 8.95. The van der Waals surface area contributed by atoms with Crippen molar-refractivity contribution in [3.05, 3.63) is 30.6 Å². The van der Waals surface area contributed by atoms with Crippen molar-refractivity contribution >= 4 is 10.1 Å². The van der Waals surface area contributed by atoms with Crippen LogP contribution >= 0.6 is 0 Å². The van der Waals surface area contributed by atoms with Gasteiger partial charge >= 0.3 is 62.8 Å². The fourth-order valence-electron chi connectivity index (χ4n) is 2.34. The van der Waals surface area contributed by atoms with Crippen molar-refractivity contribution in [1.82, 2.24) is 4.98 Å². The molecule has 0 saturated carbocycles. The third kappa shape index (κ3) is 5.50. The Balaban J connectivity index is 0.00000221. The maximum absolute atomic E-state index is 13.5. The molecular formula is C17H13F18NO3S. The Bertz CT molecular complexity index is 1070. The van der Waals surface area contributed by atoms with Gasteiger partial charge in [-0.25, -0.2) is 0 Å². The van der Waals surface area contributed by atoms with Gasteiger partial charge in [0, 0.05) is 18.8 Å². The van der Waals surface area contributed by atoms with Crippen LogP contribution < -0.4 is 0 Å². The van der Waals surface area contributed by atoms with Crippen LogP contribution in [0.1, 0.15) is 19.8 Å². The topological polar surface area (TPSA) is 67.3 Å². The quantitative estimate of drug-likeness (QED) is 0.199. The van der Waals surface area contributed by atoms with Crippen LogP contribution in [0.4, 0.5) is 79.0 Å². The standard InChI is InChI=1S/C12H8F18O3S.C5H5N/c1-2-3-4(13,14)5(15,16)6(17,18)7(19,20)8(21,22)9(23,24)10(25,26)11(27,28)12(29,30)34(31,32)33;1-2-4-6-5-3-1/h2-3H2,1H3,(H,31,32,33);1-5H. The molecule has 0 spiro atoms. The van der Waals surface area contributed by atoms with Gasteiger partial charge < -0.3 is 0 Å². The third-order valence-corrected chi connectivity index (χ3v) is 5.55. The van der Waals surface area contributed by atoms with Crippen LogP contribution in [0.2, 0.25) is 0 Å². The van der Waals surface area contributed by atoms with Gasteiger partial charge in [0.15, 0.2) is 0 Å². The Labute approximate surface area is 211 Å². The first kappa shape index (κ1) is 37.8. The Kier molecular flexibility index (Phi) is 10.3. The lowest BCUT2D eigenvalue weighted by Crippen LogP contribution is -2.76. The van der Waals surface area contributed by atoms with Crippen molar-refractivity contribution in [1.29, 1.82) is 0 Å². The van der Waals surface area contributed by atoms with Crippen molar-refractivity contribution in [2.45, 2.75) is 72.4 Å². The van der Waals surface area contributed by atoms with Gasteiger partial charge in [-0.1, -0.05) is 19.4 Å². The molecule has 0 radical (unpaired) electrons. The van der Waals surface area contributed by atoms with Crippen LogP contribution in [0.25, 0.3) is 0 Å². The normalized spacial score (nSPS) is 15.4. The number of pyridine rings is 1. The number of alkyl halides is 18.